The van der Waals surface area contributed by atoms with E-state index in [4.69, 9.17) is 0 Å². The van der Waals surface area contributed by atoms with E-state index < -0.39 is 0 Å². The zero-order chi connectivity index (χ0) is 18.8. The van der Waals surface area contributed by atoms with Gasteiger partial charge >= 0.3 is 0 Å². The van der Waals surface area contributed by atoms with Gasteiger partial charge in [-0.3, -0.25) is 10.1 Å². The lowest BCUT2D eigenvalue weighted by atomic mass is 10.0. The Balaban J connectivity index is 1.84. The van der Waals surface area contributed by atoms with Crippen molar-refractivity contribution in [2.24, 2.45) is 4.99 Å². The van der Waals surface area contributed by atoms with Crippen molar-refractivity contribution in [1.82, 2.24) is 15.5 Å². The van der Waals surface area contributed by atoms with Crippen LogP contribution in [0.25, 0.3) is 0 Å². The summed E-state index contributed by atoms with van der Waals surface area (Å²) in [5, 5.41) is 17.6. The summed E-state index contributed by atoms with van der Waals surface area (Å²) in [6, 6.07) is 7.44. The fourth-order valence-corrected chi connectivity index (χ4v) is 3.31. The summed E-state index contributed by atoms with van der Waals surface area (Å²) in [6.07, 6.45) is 5.00. The molecule has 2 N–H and O–H groups in total. The predicted octanol–water partition coefficient (Wildman–Crippen LogP) is 2.91. The topological polar surface area (TPSA) is 82.8 Å². The van der Waals surface area contributed by atoms with Crippen LogP contribution in [0.3, 0.4) is 0 Å². The number of nitro benzene ring substituents is 1. The third-order valence-electron chi connectivity index (χ3n) is 4.80. The van der Waals surface area contributed by atoms with Crippen molar-refractivity contribution in [3.8, 4) is 0 Å². The van der Waals surface area contributed by atoms with Gasteiger partial charge in [0.25, 0.3) is 5.69 Å². The largest absolute Gasteiger partial charge is 0.357 e. The Morgan fingerprint density at radius 1 is 1.35 bits per heavy atom. The van der Waals surface area contributed by atoms with Crippen LogP contribution in [0.2, 0.25) is 0 Å². The van der Waals surface area contributed by atoms with Gasteiger partial charge in [-0.2, -0.15) is 0 Å². The van der Waals surface area contributed by atoms with Crippen molar-refractivity contribution in [3.05, 3.63) is 39.9 Å². The summed E-state index contributed by atoms with van der Waals surface area (Å²) in [5.74, 6) is 0.706. The van der Waals surface area contributed by atoms with Gasteiger partial charge in [-0.25, -0.2) is 4.99 Å². The summed E-state index contributed by atoms with van der Waals surface area (Å²) in [7, 11) is 0. The quantitative estimate of drug-likeness (QED) is 0.245. The van der Waals surface area contributed by atoms with Gasteiger partial charge in [0.2, 0.25) is 0 Å². The van der Waals surface area contributed by atoms with E-state index >= 15 is 0 Å². The molecule has 1 unspecified atom stereocenters. The first-order valence-corrected chi connectivity index (χ1v) is 9.60. The van der Waals surface area contributed by atoms with Crippen molar-refractivity contribution in [2.45, 2.75) is 52.1 Å². The van der Waals surface area contributed by atoms with Gasteiger partial charge < -0.3 is 15.5 Å². The average Bonchev–Trinajstić information content (AvgIpc) is 2.64. The molecule has 7 nitrogen and oxygen atoms in total. The van der Waals surface area contributed by atoms with Crippen LogP contribution in [0.15, 0.2) is 29.3 Å². The third-order valence-corrected chi connectivity index (χ3v) is 4.80. The zero-order valence-electron chi connectivity index (χ0n) is 15.9. The lowest BCUT2D eigenvalue weighted by molar-refractivity contribution is -0.385. The fourth-order valence-electron chi connectivity index (χ4n) is 3.31. The molecule has 1 heterocycles. The number of rotatable bonds is 8. The third kappa shape index (κ3) is 6.29. The highest BCUT2D eigenvalue weighted by Crippen LogP contribution is 2.18. The van der Waals surface area contributed by atoms with E-state index in [1.54, 1.807) is 18.2 Å². The van der Waals surface area contributed by atoms with Crippen LogP contribution in [-0.4, -0.2) is 48.0 Å². The van der Waals surface area contributed by atoms with E-state index in [0.717, 1.165) is 26.1 Å². The Morgan fingerprint density at radius 2 is 2.15 bits per heavy atom. The number of piperidine rings is 1. The van der Waals surface area contributed by atoms with E-state index in [2.05, 4.69) is 27.4 Å². The first-order valence-electron chi connectivity index (χ1n) is 9.60. The summed E-state index contributed by atoms with van der Waals surface area (Å²) < 4.78 is 0. The minimum absolute atomic E-state index is 0.117. The number of nitrogens with one attached hydrogen (secondary N) is 2. The Labute approximate surface area is 156 Å². The zero-order valence-corrected chi connectivity index (χ0v) is 15.9. The monoisotopic (exact) mass is 361 g/mol. The smallest absolute Gasteiger partial charge is 0.274 e. The van der Waals surface area contributed by atoms with Crippen molar-refractivity contribution >= 4 is 11.6 Å². The number of aliphatic imine (C=N–C) groups is 1. The highest BCUT2D eigenvalue weighted by molar-refractivity contribution is 5.79. The molecule has 1 atom stereocenters. The molecule has 1 aliphatic heterocycles. The molecule has 26 heavy (non-hydrogen) atoms. The molecule has 1 aromatic rings. The second-order valence-electron chi connectivity index (χ2n) is 6.74. The highest BCUT2D eigenvalue weighted by Gasteiger charge is 2.17. The second kappa shape index (κ2) is 10.8. The second-order valence-corrected chi connectivity index (χ2v) is 6.74. The Hall–Kier alpha value is -2.15. The van der Waals surface area contributed by atoms with Crippen molar-refractivity contribution in [1.29, 1.82) is 0 Å². The normalized spacial score (nSPS) is 18.5. The molecule has 1 aromatic carbocycles. The van der Waals surface area contributed by atoms with Crippen LogP contribution in [0.4, 0.5) is 5.69 Å². The predicted molar refractivity (Wildman–Crippen MR) is 105 cm³/mol. The van der Waals surface area contributed by atoms with Gasteiger partial charge in [0, 0.05) is 31.7 Å². The maximum atomic E-state index is 11.1. The minimum Gasteiger partial charge on any atom is -0.357 e. The molecule has 0 aliphatic carbocycles. The molecule has 1 saturated heterocycles. The van der Waals surface area contributed by atoms with Gasteiger partial charge in [0.15, 0.2) is 5.96 Å². The van der Waals surface area contributed by atoms with E-state index in [9.17, 15) is 10.1 Å². The van der Waals surface area contributed by atoms with E-state index in [0.29, 0.717) is 17.6 Å². The van der Waals surface area contributed by atoms with Crippen LogP contribution < -0.4 is 10.6 Å². The maximum absolute atomic E-state index is 11.1. The summed E-state index contributed by atoms with van der Waals surface area (Å²) in [6.45, 7) is 8.50. The molecule has 0 aromatic heterocycles. The summed E-state index contributed by atoms with van der Waals surface area (Å²) >= 11 is 0. The number of likely N-dealkylation sites (tertiary alicyclic amines) is 1. The lowest BCUT2D eigenvalue weighted by Gasteiger charge is -2.33. The first kappa shape index (κ1) is 20.2. The number of hydrogen-bond acceptors (Lipinski definition) is 4. The Morgan fingerprint density at radius 3 is 2.88 bits per heavy atom. The summed E-state index contributed by atoms with van der Waals surface area (Å²) in [4.78, 5) is 17.8. The van der Waals surface area contributed by atoms with Crippen molar-refractivity contribution in [2.75, 3.05) is 26.2 Å². The molecule has 7 heteroatoms. The SMILES string of the molecule is CCNC(=NCc1ccccc1[N+](=O)[O-])NCCCN1CCCCC1C. The molecule has 1 fully saturated rings. The average molecular weight is 361 g/mol. The standard InChI is InChI=1S/C19H31N5O2/c1-3-20-19(21-12-8-14-23-13-7-6-9-16(23)2)22-15-17-10-4-5-11-18(17)24(25)26/h4-5,10-11,16H,3,6-9,12-15H2,1-2H3,(H2,20,21,22). The van der Waals surface area contributed by atoms with E-state index in [1.807, 2.05) is 6.92 Å². The van der Waals surface area contributed by atoms with Crippen LogP contribution in [0.5, 0.6) is 0 Å². The number of guanidine groups is 1. The minimum atomic E-state index is -0.356. The molecule has 0 amide bonds. The fraction of sp³-hybridized carbons (Fsp3) is 0.632. The van der Waals surface area contributed by atoms with Crippen LogP contribution in [-0.2, 0) is 6.54 Å². The van der Waals surface area contributed by atoms with Crippen LogP contribution in [0.1, 0.15) is 45.1 Å². The number of nitrogens with zero attached hydrogens (tertiary/aromatic N) is 3. The Kier molecular flexibility index (Phi) is 8.34. The molecule has 0 bridgehead atoms. The van der Waals surface area contributed by atoms with Crippen molar-refractivity contribution < 1.29 is 4.92 Å². The molecule has 0 radical (unpaired) electrons. The van der Waals surface area contributed by atoms with E-state index in [-0.39, 0.29) is 17.2 Å². The molecule has 144 valence electrons. The maximum Gasteiger partial charge on any atom is 0.274 e. The number of hydrogen-bond donors (Lipinski definition) is 2. The molecule has 1 aliphatic rings. The first-order chi connectivity index (χ1) is 12.6. The van der Waals surface area contributed by atoms with Gasteiger partial charge in [-0.1, -0.05) is 24.6 Å². The van der Waals surface area contributed by atoms with Gasteiger partial charge in [0.05, 0.1) is 17.0 Å². The molecule has 2 rings (SSSR count). The highest BCUT2D eigenvalue weighted by atomic mass is 16.6. The van der Waals surface area contributed by atoms with Gasteiger partial charge in [-0.05, 0) is 39.7 Å². The van der Waals surface area contributed by atoms with Gasteiger partial charge in [0.1, 0.15) is 0 Å². The lowest BCUT2D eigenvalue weighted by Crippen LogP contribution is -2.41. The van der Waals surface area contributed by atoms with E-state index in [1.165, 1.54) is 31.9 Å². The number of nitro groups is 1. The number of para-hydroxylation sites is 1. The molecule has 0 spiro atoms. The molecule has 0 saturated carbocycles. The van der Waals surface area contributed by atoms with Crippen LogP contribution in [0, 0.1) is 10.1 Å². The summed E-state index contributed by atoms with van der Waals surface area (Å²) in [5.41, 5.74) is 0.739. The van der Waals surface area contributed by atoms with Crippen LogP contribution >= 0.6 is 0 Å². The van der Waals surface area contributed by atoms with Gasteiger partial charge in [-0.15, -0.1) is 0 Å². The Bertz CT molecular complexity index is 605. The molecular formula is C19H31N5O2. The van der Waals surface area contributed by atoms with Crippen molar-refractivity contribution in [3.63, 3.8) is 0 Å². The molecular weight excluding hydrogens is 330 g/mol. The number of benzene rings is 1.